The van der Waals surface area contributed by atoms with Crippen LogP contribution in [-0.4, -0.2) is 12.6 Å². The third kappa shape index (κ3) is 61.2. The van der Waals surface area contributed by atoms with Crippen molar-refractivity contribution in [2.45, 2.75) is 380 Å². The lowest BCUT2D eigenvalue weighted by Gasteiger charge is -2.06. The van der Waals surface area contributed by atoms with Gasteiger partial charge in [-0.2, -0.15) is 0 Å². The molecule has 2 heteroatoms. The van der Waals surface area contributed by atoms with Gasteiger partial charge in [0.15, 0.2) is 0 Å². The van der Waals surface area contributed by atoms with Gasteiger partial charge in [0.2, 0.25) is 0 Å². The fourth-order valence-corrected chi connectivity index (χ4v) is 10.1. The second kappa shape index (κ2) is 60.3. The van der Waals surface area contributed by atoms with Gasteiger partial charge in [0.1, 0.15) is 0 Å². The summed E-state index contributed by atoms with van der Waals surface area (Å²) >= 11 is 0. The minimum absolute atomic E-state index is 0.0321. The lowest BCUT2D eigenvalue weighted by molar-refractivity contribution is -0.143. The van der Waals surface area contributed by atoms with Gasteiger partial charge in [0.25, 0.3) is 0 Å². The monoisotopic (exact) mass is 927 g/mol. The van der Waals surface area contributed by atoms with Crippen LogP contribution in [-0.2, 0) is 9.53 Å². The van der Waals surface area contributed by atoms with Gasteiger partial charge in [-0.15, -0.1) is 0 Å². The first-order valence-electron chi connectivity index (χ1n) is 31.5. The summed E-state index contributed by atoms with van der Waals surface area (Å²) < 4.78 is 5.52. The molecule has 0 atom stereocenters. The van der Waals surface area contributed by atoms with Crippen LogP contribution in [0.4, 0.5) is 0 Å². The summed E-state index contributed by atoms with van der Waals surface area (Å²) in [6.45, 7) is 7.63. The molecule has 0 spiro atoms. The van der Waals surface area contributed by atoms with Crippen LogP contribution < -0.4 is 0 Å². The zero-order valence-corrected chi connectivity index (χ0v) is 46.4. The number of rotatable bonds is 59. The molecule has 0 saturated heterocycles. The molecule has 394 valence electrons. The predicted molar refractivity (Wildman–Crippen MR) is 299 cm³/mol. The molecular formula is C64H126O2. The molecule has 0 heterocycles. The molecule has 0 aromatic rings. The van der Waals surface area contributed by atoms with Crippen LogP contribution in [0.25, 0.3) is 0 Å². The first-order chi connectivity index (χ1) is 32.7. The third-order valence-electron chi connectivity index (χ3n) is 14.8. The molecule has 0 aliphatic rings. The first-order valence-corrected chi connectivity index (χ1v) is 31.5. The second-order valence-electron chi connectivity index (χ2n) is 22.2. The zero-order chi connectivity index (χ0) is 47.6. The highest BCUT2D eigenvalue weighted by atomic mass is 16.5. The Hall–Kier alpha value is -0.790. The molecular weight excluding hydrogens is 801 g/mol. The number of ether oxygens (including phenoxy) is 1. The van der Waals surface area contributed by atoms with E-state index in [9.17, 15) is 4.79 Å². The average molecular weight is 928 g/mol. The van der Waals surface area contributed by atoms with E-state index in [0.717, 1.165) is 18.8 Å². The minimum Gasteiger partial charge on any atom is -0.466 e. The number of hydrogen-bond donors (Lipinski definition) is 0. The maximum atomic E-state index is 12.1. The van der Waals surface area contributed by atoms with Crippen molar-refractivity contribution in [3.63, 3.8) is 0 Å². The van der Waals surface area contributed by atoms with Gasteiger partial charge in [-0.1, -0.05) is 348 Å². The Bertz CT molecular complexity index is 891. The fraction of sp³-hybridized carbons (Fsp3) is 0.953. The summed E-state index contributed by atoms with van der Waals surface area (Å²) in [6, 6.07) is 0. The van der Waals surface area contributed by atoms with Crippen LogP contribution in [0.2, 0.25) is 0 Å². The molecule has 0 radical (unpaired) electrons. The zero-order valence-electron chi connectivity index (χ0n) is 46.4. The standard InChI is InChI=1S/C64H126O2/c1-4-5-6-7-8-9-10-11-12-13-14-30-34-37-40-43-46-49-52-55-58-61-64(65)66-62-59-56-53-50-47-44-41-38-35-32-29-27-25-23-21-19-17-15-16-18-20-22-24-26-28-31-33-36-39-42-45-48-51-54-57-60-63(2)3/h11-12,63H,4-10,13-62H2,1-3H3. The van der Waals surface area contributed by atoms with Crippen molar-refractivity contribution in [1.82, 2.24) is 0 Å². The molecule has 0 aromatic carbocycles. The van der Waals surface area contributed by atoms with Crippen LogP contribution >= 0.6 is 0 Å². The van der Waals surface area contributed by atoms with Crippen molar-refractivity contribution in [2.24, 2.45) is 5.92 Å². The van der Waals surface area contributed by atoms with E-state index in [1.807, 2.05) is 0 Å². The molecule has 0 bridgehead atoms. The Morgan fingerprint density at radius 2 is 0.530 bits per heavy atom. The summed E-state index contributed by atoms with van der Waals surface area (Å²) in [6.07, 6.45) is 82.8. The topological polar surface area (TPSA) is 26.3 Å². The number of hydrogen-bond acceptors (Lipinski definition) is 2. The van der Waals surface area contributed by atoms with E-state index in [4.69, 9.17) is 4.74 Å². The number of allylic oxidation sites excluding steroid dienone is 2. The SMILES string of the molecule is CCCCCCCCC=CCCCCCCCCCCCCCC(=O)OCCCCCCCCCCCCCCCCCCCCCCCCCCCCCCCCCCCCCC(C)C. The molecule has 0 amide bonds. The van der Waals surface area contributed by atoms with E-state index in [2.05, 4.69) is 32.9 Å². The van der Waals surface area contributed by atoms with Crippen LogP contribution in [0.15, 0.2) is 12.2 Å². The molecule has 2 nitrogen and oxygen atoms in total. The van der Waals surface area contributed by atoms with E-state index < -0.39 is 0 Å². The Morgan fingerprint density at radius 3 is 0.803 bits per heavy atom. The maximum Gasteiger partial charge on any atom is 0.305 e. The maximum absolute atomic E-state index is 12.1. The molecule has 0 N–H and O–H groups in total. The van der Waals surface area contributed by atoms with Crippen LogP contribution in [0, 0.1) is 5.92 Å². The molecule has 0 aliphatic heterocycles. The number of carbonyl (C=O) groups is 1. The molecule has 0 fully saturated rings. The van der Waals surface area contributed by atoms with E-state index in [1.54, 1.807) is 0 Å². The van der Waals surface area contributed by atoms with Crippen molar-refractivity contribution in [3.05, 3.63) is 12.2 Å². The Labute approximate surface area is 418 Å². The molecule has 0 aliphatic carbocycles. The Kier molecular flexibility index (Phi) is 59.6. The van der Waals surface area contributed by atoms with Gasteiger partial charge >= 0.3 is 5.97 Å². The average Bonchev–Trinajstić information content (AvgIpc) is 3.31. The third-order valence-corrected chi connectivity index (χ3v) is 14.8. The molecule has 0 saturated carbocycles. The summed E-state index contributed by atoms with van der Waals surface area (Å²) in [5.41, 5.74) is 0. The molecule has 0 rings (SSSR count). The van der Waals surface area contributed by atoms with E-state index >= 15 is 0 Å². The quantitative estimate of drug-likeness (QED) is 0.0345. The van der Waals surface area contributed by atoms with Gasteiger partial charge in [0, 0.05) is 6.42 Å². The molecule has 66 heavy (non-hydrogen) atoms. The van der Waals surface area contributed by atoms with E-state index in [0.29, 0.717) is 13.0 Å². The Morgan fingerprint density at radius 1 is 0.303 bits per heavy atom. The smallest absolute Gasteiger partial charge is 0.305 e. The van der Waals surface area contributed by atoms with Gasteiger partial charge in [-0.3, -0.25) is 4.79 Å². The van der Waals surface area contributed by atoms with Crippen molar-refractivity contribution in [1.29, 1.82) is 0 Å². The fourth-order valence-electron chi connectivity index (χ4n) is 10.1. The summed E-state index contributed by atoms with van der Waals surface area (Å²) in [5, 5.41) is 0. The Balaban J connectivity index is 3.15. The normalized spacial score (nSPS) is 11.8. The molecule has 0 unspecified atom stereocenters. The van der Waals surface area contributed by atoms with Crippen LogP contribution in [0.1, 0.15) is 380 Å². The van der Waals surface area contributed by atoms with Gasteiger partial charge < -0.3 is 4.74 Å². The van der Waals surface area contributed by atoms with Crippen molar-refractivity contribution < 1.29 is 9.53 Å². The number of esters is 1. The van der Waals surface area contributed by atoms with Crippen molar-refractivity contribution >= 4 is 5.97 Å². The summed E-state index contributed by atoms with van der Waals surface area (Å²) in [7, 11) is 0. The van der Waals surface area contributed by atoms with E-state index in [1.165, 1.54) is 340 Å². The summed E-state index contributed by atoms with van der Waals surface area (Å²) in [4.78, 5) is 12.1. The highest BCUT2D eigenvalue weighted by molar-refractivity contribution is 5.69. The number of unbranched alkanes of at least 4 members (excludes halogenated alkanes) is 51. The highest BCUT2D eigenvalue weighted by Crippen LogP contribution is 2.19. The van der Waals surface area contributed by atoms with E-state index in [-0.39, 0.29) is 5.97 Å². The summed E-state index contributed by atoms with van der Waals surface area (Å²) in [5.74, 6) is 0.922. The lowest BCUT2D eigenvalue weighted by atomic mass is 10.0. The van der Waals surface area contributed by atoms with Crippen molar-refractivity contribution in [3.8, 4) is 0 Å². The van der Waals surface area contributed by atoms with Gasteiger partial charge in [-0.25, -0.2) is 0 Å². The van der Waals surface area contributed by atoms with Crippen molar-refractivity contribution in [2.75, 3.05) is 6.61 Å². The van der Waals surface area contributed by atoms with Crippen LogP contribution in [0.3, 0.4) is 0 Å². The first kappa shape index (κ1) is 65.2. The van der Waals surface area contributed by atoms with Gasteiger partial charge in [-0.05, 0) is 44.4 Å². The predicted octanol–water partition coefficient (Wildman–Crippen LogP) is 23.6. The van der Waals surface area contributed by atoms with Gasteiger partial charge in [0.05, 0.1) is 6.61 Å². The number of carbonyl (C=O) groups excluding carboxylic acids is 1. The highest BCUT2D eigenvalue weighted by Gasteiger charge is 2.04. The molecule has 0 aromatic heterocycles. The minimum atomic E-state index is 0.0321. The lowest BCUT2D eigenvalue weighted by Crippen LogP contribution is -2.05. The second-order valence-corrected chi connectivity index (χ2v) is 22.2. The van der Waals surface area contributed by atoms with Crippen LogP contribution in [0.5, 0.6) is 0 Å². The largest absolute Gasteiger partial charge is 0.466 e.